The maximum atomic E-state index is 13.2. The summed E-state index contributed by atoms with van der Waals surface area (Å²) in [6.45, 7) is 0. The fraction of sp³-hybridized carbons (Fsp3) is 0.125. The lowest BCUT2D eigenvalue weighted by atomic mass is 10.1. The van der Waals surface area contributed by atoms with Gasteiger partial charge >= 0.3 is 5.69 Å². The Hall–Kier alpha value is -1.50. The van der Waals surface area contributed by atoms with Gasteiger partial charge in [-0.3, -0.25) is 14.9 Å². The van der Waals surface area contributed by atoms with Crippen LogP contribution in [0.25, 0.3) is 0 Å². The minimum absolute atomic E-state index is 0.0994. The summed E-state index contributed by atoms with van der Waals surface area (Å²) in [6, 6.07) is 1.85. The third kappa shape index (κ3) is 2.12. The third-order valence-corrected chi connectivity index (χ3v) is 2.22. The van der Waals surface area contributed by atoms with E-state index in [1.165, 1.54) is 0 Å². The van der Waals surface area contributed by atoms with Gasteiger partial charge in [0, 0.05) is 6.07 Å². The normalized spacial score (nSPS) is 10.0. The van der Waals surface area contributed by atoms with Crippen molar-refractivity contribution < 1.29 is 19.2 Å². The van der Waals surface area contributed by atoms with Crippen LogP contribution in [-0.2, 0) is 0 Å². The molecule has 0 aliphatic rings. The van der Waals surface area contributed by atoms with Crippen LogP contribution in [0.15, 0.2) is 12.1 Å². The minimum atomic E-state index is -1.40. The maximum absolute atomic E-state index is 13.2. The number of benzene rings is 1. The van der Waals surface area contributed by atoms with E-state index in [2.05, 4.69) is 15.9 Å². The van der Waals surface area contributed by atoms with Crippen LogP contribution in [0.4, 0.5) is 10.1 Å². The molecule has 0 aliphatic heterocycles. The van der Waals surface area contributed by atoms with E-state index in [-0.39, 0.29) is 10.9 Å². The van der Waals surface area contributed by atoms with Crippen LogP contribution >= 0.6 is 15.9 Å². The Labute approximate surface area is 91.8 Å². The molecule has 5 nitrogen and oxygen atoms in total. The molecule has 0 amide bonds. The third-order valence-electron chi connectivity index (χ3n) is 1.71. The second-order valence-electron chi connectivity index (χ2n) is 2.61. The summed E-state index contributed by atoms with van der Waals surface area (Å²) in [4.78, 5) is 20.4. The number of phenols is 1. The highest BCUT2D eigenvalue weighted by molar-refractivity contribution is 9.09. The van der Waals surface area contributed by atoms with E-state index in [9.17, 15) is 24.4 Å². The van der Waals surface area contributed by atoms with Crippen molar-refractivity contribution in [2.24, 2.45) is 0 Å². The van der Waals surface area contributed by atoms with Crippen molar-refractivity contribution in [1.29, 1.82) is 0 Å². The van der Waals surface area contributed by atoms with E-state index in [1.54, 1.807) is 0 Å². The first-order valence-corrected chi connectivity index (χ1v) is 4.86. The standard InChI is InChI=1S/C8H5BrFNO4/c9-3-6(12)4-1-2-5(11(14)15)7(10)8(4)13/h1-2,13H,3H2. The van der Waals surface area contributed by atoms with Crippen LogP contribution in [0.5, 0.6) is 5.75 Å². The zero-order valence-electron chi connectivity index (χ0n) is 7.24. The van der Waals surface area contributed by atoms with Gasteiger partial charge in [-0.05, 0) is 6.07 Å². The highest BCUT2D eigenvalue weighted by Crippen LogP contribution is 2.29. The molecule has 7 heteroatoms. The van der Waals surface area contributed by atoms with E-state index in [1.807, 2.05) is 0 Å². The summed E-state index contributed by atoms with van der Waals surface area (Å²) < 4.78 is 13.2. The van der Waals surface area contributed by atoms with Gasteiger partial charge in [-0.15, -0.1) is 0 Å². The van der Waals surface area contributed by atoms with Crippen LogP contribution in [0, 0.1) is 15.9 Å². The number of rotatable bonds is 3. The average molecular weight is 278 g/mol. The Bertz CT molecular complexity index is 435. The van der Waals surface area contributed by atoms with Gasteiger partial charge in [0.1, 0.15) is 0 Å². The summed E-state index contributed by atoms with van der Waals surface area (Å²) in [5.41, 5.74) is -1.14. The lowest BCUT2D eigenvalue weighted by molar-refractivity contribution is -0.387. The quantitative estimate of drug-likeness (QED) is 0.397. The van der Waals surface area contributed by atoms with Gasteiger partial charge in [-0.1, -0.05) is 15.9 Å². The molecule has 0 aliphatic carbocycles. The first kappa shape index (κ1) is 11.6. The smallest absolute Gasteiger partial charge is 0.308 e. The van der Waals surface area contributed by atoms with Crippen molar-refractivity contribution in [1.82, 2.24) is 0 Å². The zero-order valence-corrected chi connectivity index (χ0v) is 8.82. The molecule has 0 aromatic heterocycles. The van der Waals surface area contributed by atoms with Gasteiger partial charge in [0.25, 0.3) is 0 Å². The highest BCUT2D eigenvalue weighted by atomic mass is 79.9. The van der Waals surface area contributed by atoms with Crippen molar-refractivity contribution in [3.8, 4) is 5.75 Å². The van der Waals surface area contributed by atoms with Crippen molar-refractivity contribution in [2.75, 3.05) is 5.33 Å². The molecule has 0 heterocycles. The summed E-state index contributed by atoms with van der Waals surface area (Å²) in [5.74, 6) is -2.94. The highest BCUT2D eigenvalue weighted by Gasteiger charge is 2.23. The molecule has 1 aromatic carbocycles. The van der Waals surface area contributed by atoms with E-state index in [4.69, 9.17) is 0 Å². The van der Waals surface area contributed by atoms with E-state index in [0.29, 0.717) is 0 Å². The van der Waals surface area contributed by atoms with Gasteiger partial charge in [-0.2, -0.15) is 4.39 Å². The van der Waals surface area contributed by atoms with Crippen molar-refractivity contribution in [3.63, 3.8) is 0 Å². The number of phenolic OH excluding ortho intramolecular Hbond substituents is 1. The summed E-state index contributed by atoms with van der Waals surface area (Å²) >= 11 is 2.84. The van der Waals surface area contributed by atoms with E-state index >= 15 is 0 Å². The van der Waals surface area contributed by atoms with Gasteiger partial charge < -0.3 is 5.11 Å². The molecule has 0 unspecified atom stereocenters. The SMILES string of the molecule is O=C(CBr)c1ccc([N+](=O)[O-])c(F)c1O. The number of ketones is 1. The number of hydrogen-bond acceptors (Lipinski definition) is 4. The Kier molecular flexibility index (Phi) is 3.35. The first-order chi connectivity index (χ1) is 6.99. The predicted octanol–water partition coefficient (Wildman–Crippen LogP) is 2.02. The number of alkyl halides is 1. The number of aromatic hydroxyl groups is 1. The fourth-order valence-electron chi connectivity index (χ4n) is 0.992. The number of carbonyl (C=O) groups is 1. The van der Waals surface area contributed by atoms with Crippen LogP contribution in [0.3, 0.4) is 0 Å². The first-order valence-electron chi connectivity index (χ1n) is 3.74. The number of nitrogens with zero attached hydrogens (tertiary/aromatic N) is 1. The number of nitro benzene ring substituents is 1. The van der Waals surface area contributed by atoms with Crippen LogP contribution in [0.2, 0.25) is 0 Å². The van der Waals surface area contributed by atoms with E-state index < -0.39 is 28.0 Å². The monoisotopic (exact) mass is 277 g/mol. The van der Waals surface area contributed by atoms with E-state index in [0.717, 1.165) is 12.1 Å². The van der Waals surface area contributed by atoms with Crippen molar-refractivity contribution in [3.05, 3.63) is 33.6 Å². The van der Waals surface area contributed by atoms with Gasteiger partial charge in [0.2, 0.25) is 5.82 Å². The molecule has 0 atom stereocenters. The Morgan fingerprint density at radius 2 is 2.20 bits per heavy atom. The topological polar surface area (TPSA) is 80.4 Å². The molecule has 0 spiro atoms. The molecule has 1 N–H and O–H groups in total. The molecule has 0 radical (unpaired) electrons. The van der Waals surface area contributed by atoms with Crippen molar-refractivity contribution >= 4 is 27.4 Å². The fourth-order valence-corrected chi connectivity index (χ4v) is 1.29. The van der Waals surface area contributed by atoms with Crippen molar-refractivity contribution in [2.45, 2.75) is 0 Å². The Balaban J connectivity index is 3.33. The number of halogens is 2. The van der Waals surface area contributed by atoms with Gasteiger partial charge in [-0.25, -0.2) is 0 Å². The number of carbonyl (C=O) groups excluding carboxylic acids is 1. The molecular weight excluding hydrogens is 273 g/mol. The molecular formula is C8H5BrFNO4. The van der Waals surface area contributed by atoms with Gasteiger partial charge in [0.05, 0.1) is 15.8 Å². The largest absolute Gasteiger partial charge is 0.504 e. The summed E-state index contributed by atoms with van der Waals surface area (Å²) in [7, 11) is 0. The molecule has 0 saturated carbocycles. The zero-order chi connectivity index (χ0) is 11.6. The maximum Gasteiger partial charge on any atom is 0.308 e. The minimum Gasteiger partial charge on any atom is -0.504 e. The second kappa shape index (κ2) is 4.35. The number of hydrogen-bond donors (Lipinski definition) is 1. The van der Waals surface area contributed by atoms with Crippen LogP contribution in [0.1, 0.15) is 10.4 Å². The summed E-state index contributed by atoms with van der Waals surface area (Å²) in [5, 5.41) is 19.4. The van der Waals surface area contributed by atoms with Crippen LogP contribution < -0.4 is 0 Å². The second-order valence-corrected chi connectivity index (χ2v) is 3.17. The Morgan fingerprint density at radius 1 is 1.60 bits per heavy atom. The Morgan fingerprint density at radius 3 is 2.67 bits per heavy atom. The lowest BCUT2D eigenvalue weighted by Crippen LogP contribution is -2.03. The number of nitro groups is 1. The lowest BCUT2D eigenvalue weighted by Gasteiger charge is -2.02. The number of Topliss-reactive ketones (excluding diaryl/α,β-unsaturated/α-hetero) is 1. The molecule has 1 aromatic rings. The van der Waals surface area contributed by atoms with Gasteiger partial charge in [0.15, 0.2) is 11.5 Å². The van der Waals surface area contributed by atoms with Crippen LogP contribution in [-0.4, -0.2) is 21.1 Å². The molecule has 0 bridgehead atoms. The average Bonchev–Trinajstić information content (AvgIpc) is 2.20. The molecule has 80 valence electrons. The molecule has 1 rings (SSSR count). The molecule has 0 fully saturated rings. The summed E-state index contributed by atoms with van der Waals surface area (Å²) in [6.07, 6.45) is 0. The molecule has 15 heavy (non-hydrogen) atoms. The predicted molar refractivity (Wildman–Crippen MR) is 52.8 cm³/mol. The molecule has 0 saturated heterocycles.